The van der Waals surface area contributed by atoms with E-state index in [0.717, 1.165) is 47.2 Å². The van der Waals surface area contributed by atoms with E-state index in [0.29, 0.717) is 0 Å². The normalized spacial score (nSPS) is 11.2. The van der Waals surface area contributed by atoms with Crippen molar-refractivity contribution in [2.24, 2.45) is 0 Å². The van der Waals surface area contributed by atoms with Gasteiger partial charge in [-0.15, -0.1) is 0 Å². The SMILES string of the molecule is Clc1ccc2nc(CCNCc3ccco3)[nH]c2c1. The topological polar surface area (TPSA) is 53.9 Å². The molecule has 0 unspecified atom stereocenters. The number of fused-ring (bicyclic) bond motifs is 1. The van der Waals surface area contributed by atoms with Crippen molar-refractivity contribution in [3.63, 3.8) is 0 Å². The van der Waals surface area contributed by atoms with Gasteiger partial charge in [0.1, 0.15) is 11.6 Å². The first-order chi connectivity index (χ1) is 9.31. The minimum absolute atomic E-state index is 0.721. The van der Waals surface area contributed by atoms with Crippen LogP contribution in [-0.2, 0) is 13.0 Å². The van der Waals surface area contributed by atoms with E-state index in [1.807, 2.05) is 30.3 Å². The lowest BCUT2D eigenvalue weighted by Crippen LogP contribution is -2.16. The maximum atomic E-state index is 5.94. The summed E-state index contributed by atoms with van der Waals surface area (Å²) in [7, 11) is 0. The van der Waals surface area contributed by atoms with E-state index in [4.69, 9.17) is 16.0 Å². The van der Waals surface area contributed by atoms with Gasteiger partial charge in [0.2, 0.25) is 0 Å². The van der Waals surface area contributed by atoms with E-state index in [1.165, 1.54) is 0 Å². The van der Waals surface area contributed by atoms with Gasteiger partial charge in [-0.05, 0) is 30.3 Å². The molecule has 0 saturated carbocycles. The summed E-state index contributed by atoms with van der Waals surface area (Å²) < 4.78 is 5.25. The highest BCUT2D eigenvalue weighted by Gasteiger charge is 2.03. The van der Waals surface area contributed by atoms with E-state index in [9.17, 15) is 0 Å². The Labute approximate surface area is 115 Å². The number of H-pyrrole nitrogens is 1. The Kier molecular flexibility index (Phi) is 3.53. The van der Waals surface area contributed by atoms with Crippen molar-refractivity contribution in [1.82, 2.24) is 15.3 Å². The van der Waals surface area contributed by atoms with Crippen molar-refractivity contribution in [3.05, 3.63) is 53.2 Å². The quantitative estimate of drug-likeness (QED) is 0.704. The van der Waals surface area contributed by atoms with Crippen molar-refractivity contribution in [3.8, 4) is 0 Å². The summed E-state index contributed by atoms with van der Waals surface area (Å²) >= 11 is 5.94. The molecule has 0 bridgehead atoms. The zero-order valence-electron chi connectivity index (χ0n) is 10.3. The van der Waals surface area contributed by atoms with Crippen molar-refractivity contribution >= 4 is 22.6 Å². The maximum Gasteiger partial charge on any atom is 0.117 e. The summed E-state index contributed by atoms with van der Waals surface area (Å²) in [5.41, 5.74) is 1.93. The number of halogens is 1. The van der Waals surface area contributed by atoms with Crippen LogP contribution in [0.25, 0.3) is 11.0 Å². The van der Waals surface area contributed by atoms with E-state index in [2.05, 4.69) is 15.3 Å². The Morgan fingerprint density at radius 2 is 2.26 bits per heavy atom. The minimum Gasteiger partial charge on any atom is -0.468 e. The molecule has 98 valence electrons. The molecule has 2 aromatic heterocycles. The zero-order chi connectivity index (χ0) is 13.1. The predicted molar refractivity (Wildman–Crippen MR) is 75.2 cm³/mol. The van der Waals surface area contributed by atoms with Gasteiger partial charge in [0.15, 0.2) is 0 Å². The monoisotopic (exact) mass is 275 g/mol. The smallest absolute Gasteiger partial charge is 0.117 e. The third kappa shape index (κ3) is 2.97. The molecule has 0 spiro atoms. The van der Waals surface area contributed by atoms with Crippen LogP contribution in [-0.4, -0.2) is 16.5 Å². The molecule has 4 nitrogen and oxygen atoms in total. The van der Waals surface area contributed by atoms with E-state index >= 15 is 0 Å². The van der Waals surface area contributed by atoms with Crippen LogP contribution in [0.2, 0.25) is 5.02 Å². The van der Waals surface area contributed by atoms with Gasteiger partial charge >= 0.3 is 0 Å². The fourth-order valence-corrected chi connectivity index (χ4v) is 2.16. The molecule has 0 amide bonds. The maximum absolute atomic E-state index is 5.94. The van der Waals surface area contributed by atoms with Crippen molar-refractivity contribution in [2.75, 3.05) is 6.54 Å². The third-order valence-electron chi connectivity index (χ3n) is 2.91. The average molecular weight is 276 g/mol. The van der Waals surface area contributed by atoms with Crippen LogP contribution in [0.4, 0.5) is 0 Å². The van der Waals surface area contributed by atoms with Gasteiger partial charge in [0.05, 0.1) is 23.8 Å². The molecule has 1 aromatic carbocycles. The highest BCUT2D eigenvalue weighted by molar-refractivity contribution is 6.31. The first kappa shape index (κ1) is 12.3. The fraction of sp³-hybridized carbons (Fsp3) is 0.214. The van der Waals surface area contributed by atoms with Crippen LogP contribution in [0.15, 0.2) is 41.0 Å². The number of nitrogens with zero attached hydrogens (tertiary/aromatic N) is 1. The van der Waals surface area contributed by atoms with Crippen molar-refractivity contribution < 1.29 is 4.42 Å². The molecule has 5 heteroatoms. The lowest BCUT2D eigenvalue weighted by atomic mass is 10.3. The largest absolute Gasteiger partial charge is 0.468 e. The Hall–Kier alpha value is -1.78. The molecular weight excluding hydrogens is 262 g/mol. The first-order valence-electron chi connectivity index (χ1n) is 6.18. The number of furan rings is 1. The van der Waals surface area contributed by atoms with E-state index in [1.54, 1.807) is 6.26 Å². The summed E-state index contributed by atoms with van der Waals surface area (Å²) in [4.78, 5) is 7.78. The fourth-order valence-electron chi connectivity index (χ4n) is 1.98. The first-order valence-corrected chi connectivity index (χ1v) is 6.56. The van der Waals surface area contributed by atoms with Gasteiger partial charge < -0.3 is 14.7 Å². The predicted octanol–water partition coefficient (Wildman–Crippen LogP) is 3.14. The highest BCUT2D eigenvalue weighted by atomic mass is 35.5. The molecule has 0 fully saturated rings. The van der Waals surface area contributed by atoms with Gasteiger partial charge in [-0.2, -0.15) is 0 Å². The van der Waals surface area contributed by atoms with Crippen LogP contribution in [0.3, 0.4) is 0 Å². The summed E-state index contributed by atoms with van der Waals surface area (Å²) in [6.45, 7) is 1.58. The second-order valence-corrected chi connectivity index (χ2v) is 4.79. The van der Waals surface area contributed by atoms with Crippen LogP contribution in [0, 0.1) is 0 Å². The standard InChI is InChI=1S/C14H14ClN3O/c15-10-3-4-12-13(8-10)18-14(17-12)5-6-16-9-11-2-1-7-19-11/h1-4,7-8,16H,5-6,9H2,(H,17,18). The molecule has 0 aliphatic rings. The highest BCUT2D eigenvalue weighted by Crippen LogP contribution is 2.17. The minimum atomic E-state index is 0.721. The Balaban J connectivity index is 1.56. The number of rotatable bonds is 5. The lowest BCUT2D eigenvalue weighted by molar-refractivity contribution is 0.483. The zero-order valence-corrected chi connectivity index (χ0v) is 11.1. The number of imidazole rings is 1. The molecule has 3 aromatic rings. The van der Waals surface area contributed by atoms with Crippen LogP contribution in [0.1, 0.15) is 11.6 Å². The number of aromatic amines is 1. The number of nitrogens with one attached hydrogen (secondary N) is 2. The van der Waals surface area contributed by atoms with E-state index < -0.39 is 0 Å². The molecule has 0 atom stereocenters. The lowest BCUT2D eigenvalue weighted by Gasteiger charge is -2.00. The molecule has 0 radical (unpaired) electrons. The number of aromatic nitrogens is 2. The summed E-state index contributed by atoms with van der Waals surface area (Å²) in [5, 5.41) is 4.03. The van der Waals surface area contributed by atoms with Gasteiger partial charge in [-0.25, -0.2) is 4.98 Å². The Morgan fingerprint density at radius 3 is 3.11 bits per heavy atom. The number of hydrogen-bond acceptors (Lipinski definition) is 3. The van der Waals surface area contributed by atoms with E-state index in [-0.39, 0.29) is 0 Å². The van der Waals surface area contributed by atoms with Crippen LogP contribution >= 0.6 is 11.6 Å². The summed E-state index contributed by atoms with van der Waals surface area (Å²) in [6, 6.07) is 9.51. The van der Waals surface area contributed by atoms with Gasteiger partial charge in [-0.1, -0.05) is 11.6 Å². The molecule has 3 rings (SSSR count). The molecule has 19 heavy (non-hydrogen) atoms. The Bertz CT molecular complexity index is 660. The molecule has 2 heterocycles. The second-order valence-electron chi connectivity index (χ2n) is 4.35. The van der Waals surface area contributed by atoms with Gasteiger partial charge in [0.25, 0.3) is 0 Å². The average Bonchev–Trinajstić information content (AvgIpc) is 3.02. The van der Waals surface area contributed by atoms with Crippen molar-refractivity contribution in [1.29, 1.82) is 0 Å². The van der Waals surface area contributed by atoms with Crippen molar-refractivity contribution in [2.45, 2.75) is 13.0 Å². The van der Waals surface area contributed by atoms with Crippen LogP contribution < -0.4 is 5.32 Å². The number of benzene rings is 1. The van der Waals surface area contributed by atoms with Crippen LogP contribution in [0.5, 0.6) is 0 Å². The number of hydrogen-bond donors (Lipinski definition) is 2. The summed E-state index contributed by atoms with van der Waals surface area (Å²) in [5.74, 6) is 1.90. The Morgan fingerprint density at radius 1 is 1.32 bits per heavy atom. The van der Waals surface area contributed by atoms with Gasteiger partial charge in [-0.3, -0.25) is 0 Å². The second kappa shape index (κ2) is 5.47. The van der Waals surface area contributed by atoms with Gasteiger partial charge in [0, 0.05) is 18.0 Å². The molecule has 0 saturated heterocycles. The molecular formula is C14H14ClN3O. The third-order valence-corrected chi connectivity index (χ3v) is 3.15. The molecule has 0 aliphatic heterocycles. The summed E-state index contributed by atoms with van der Waals surface area (Å²) in [6.07, 6.45) is 2.52. The molecule has 0 aliphatic carbocycles. The molecule has 2 N–H and O–H groups in total.